The van der Waals surface area contributed by atoms with E-state index in [0.717, 1.165) is 30.1 Å². The first-order chi connectivity index (χ1) is 10.8. The summed E-state index contributed by atoms with van der Waals surface area (Å²) in [6.45, 7) is 2.34. The summed E-state index contributed by atoms with van der Waals surface area (Å²) in [6.07, 6.45) is 23.8. The molecule has 0 radical (unpaired) electrons. The Balaban J connectivity index is 1.62. The molecular formula is C21H33N. The molecule has 2 rings (SSSR count). The first-order valence-corrected chi connectivity index (χ1v) is 9.54. The quantitative estimate of drug-likeness (QED) is 0.410. The highest BCUT2D eigenvalue weighted by Gasteiger charge is 2.21. The van der Waals surface area contributed by atoms with E-state index in [0.29, 0.717) is 0 Å². The second-order valence-electron chi connectivity index (χ2n) is 7.46. The number of nitriles is 1. The molecule has 0 saturated heterocycles. The SMILES string of the molecule is CCC1CCC(/C=C/C2CCC(CC/C=C/C#N)CC2)CC1. The number of nitrogens with zero attached hydrogens (tertiary/aromatic N) is 1. The molecule has 0 heterocycles. The monoisotopic (exact) mass is 299 g/mol. The van der Waals surface area contributed by atoms with E-state index < -0.39 is 0 Å². The normalized spacial score (nSPS) is 33.3. The molecule has 22 heavy (non-hydrogen) atoms. The van der Waals surface area contributed by atoms with Crippen molar-refractivity contribution in [2.75, 3.05) is 0 Å². The lowest BCUT2D eigenvalue weighted by Crippen LogP contribution is -2.14. The third-order valence-corrected chi connectivity index (χ3v) is 5.95. The van der Waals surface area contributed by atoms with Crippen molar-refractivity contribution in [3.63, 3.8) is 0 Å². The molecule has 122 valence electrons. The number of rotatable bonds is 6. The molecule has 2 saturated carbocycles. The molecule has 0 aromatic heterocycles. The van der Waals surface area contributed by atoms with Crippen LogP contribution in [-0.4, -0.2) is 0 Å². The van der Waals surface area contributed by atoms with Gasteiger partial charge in [-0.3, -0.25) is 0 Å². The Bertz CT molecular complexity index is 385. The third-order valence-electron chi connectivity index (χ3n) is 5.95. The van der Waals surface area contributed by atoms with Gasteiger partial charge in [0.2, 0.25) is 0 Å². The van der Waals surface area contributed by atoms with Crippen LogP contribution >= 0.6 is 0 Å². The second kappa shape index (κ2) is 9.88. The largest absolute Gasteiger partial charge is 0.193 e. The van der Waals surface area contributed by atoms with Crippen LogP contribution in [0.4, 0.5) is 0 Å². The summed E-state index contributed by atoms with van der Waals surface area (Å²) < 4.78 is 0. The minimum absolute atomic E-state index is 0.842. The summed E-state index contributed by atoms with van der Waals surface area (Å²) in [7, 11) is 0. The molecule has 1 nitrogen and oxygen atoms in total. The van der Waals surface area contributed by atoms with E-state index in [1.807, 2.05) is 6.08 Å². The van der Waals surface area contributed by atoms with Crippen LogP contribution in [0.15, 0.2) is 24.3 Å². The van der Waals surface area contributed by atoms with Crippen molar-refractivity contribution in [2.45, 2.75) is 77.6 Å². The van der Waals surface area contributed by atoms with E-state index in [1.54, 1.807) is 6.08 Å². The van der Waals surface area contributed by atoms with Crippen LogP contribution in [0.2, 0.25) is 0 Å². The Kier molecular flexibility index (Phi) is 7.78. The van der Waals surface area contributed by atoms with E-state index in [-0.39, 0.29) is 0 Å². The van der Waals surface area contributed by atoms with Gasteiger partial charge in [-0.2, -0.15) is 5.26 Å². The molecule has 0 aromatic carbocycles. The van der Waals surface area contributed by atoms with Crippen molar-refractivity contribution >= 4 is 0 Å². The number of hydrogen-bond donors (Lipinski definition) is 0. The summed E-state index contributed by atoms with van der Waals surface area (Å²) in [5, 5.41) is 8.49. The maximum absolute atomic E-state index is 8.49. The maximum Gasteiger partial charge on any atom is 0.0908 e. The lowest BCUT2D eigenvalue weighted by atomic mass is 9.78. The fourth-order valence-electron chi connectivity index (χ4n) is 4.24. The van der Waals surface area contributed by atoms with Crippen molar-refractivity contribution in [1.82, 2.24) is 0 Å². The number of hydrogen-bond acceptors (Lipinski definition) is 1. The average Bonchev–Trinajstić information content (AvgIpc) is 2.58. The smallest absolute Gasteiger partial charge is 0.0908 e. The van der Waals surface area contributed by atoms with Crippen molar-refractivity contribution in [2.24, 2.45) is 23.7 Å². The summed E-state index contributed by atoms with van der Waals surface area (Å²) in [5.74, 6) is 3.62. The van der Waals surface area contributed by atoms with Crippen LogP contribution in [0.1, 0.15) is 77.6 Å². The minimum Gasteiger partial charge on any atom is -0.193 e. The molecule has 0 bridgehead atoms. The van der Waals surface area contributed by atoms with Gasteiger partial charge in [-0.1, -0.05) is 31.6 Å². The molecular weight excluding hydrogens is 266 g/mol. The predicted molar refractivity (Wildman–Crippen MR) is 94.3 cm³/mol. The Morgan fingerprint density at radius 3 is 1.91 bits per heavy atom. The zero-order chi connectivity index (χ0) is 15.6. The first-order valence-electron chi connectivity index (χ1n) is 9.54. The van der Waals surface area contributed by atoms with Crippen molar-refractivity contribution in [3.05, 3.63) is 24.3 Å². The highest BCUT2D eigenvalue weighted by atomic mass is 14.3. The molecule has 0 atom stereocenters. The average molecular weight is 300 g/mol. The lowest BCUT2D eigenvalue weighted by molar-refractivity contribution is 0.290. The fourth-order valence-corrected chi connectivity index (χ4v) is 4.24. The molecule has 1 heteroatoms. The molecule has 0 N–H and O–H groups in total. The highest BCUT2D eigenvalue weighted by Crippen LogP contribution is 2.35. The van der Waals surface area contributed by atoms with Gasteiger partial charge in [0.05, 0.1) is 6.07 Å². The Morgan fingerprint density at radius 1 is 0.864 bits per heavy atom. The van der Waals surface area contributed by atoms with Crippen LogP contribution in [0, 0.1) is 35.0 Å². The van der Waals surface area contributed by atoms with Crippen molar-refractivity contribution in [1.29, 1.82) is 5.26 Å². The van der Waals surface area contributed by atoms with E-state index in [4.69, 9.17) is 5.26 Å². The van der Waals surface area contributed by atoms with Gasteiger partial charge in [0.15, 0.2) is 0 Å². The zero-order valence-corrected chi connectivity index (χ0v) is 14.3. The van der Waals surface area contributed by atoms with Gasteiger partial charge < -0.3 is 0 Å². The molecule has 0 spiro atoms. The van der Waals surface area contributed by atoms with E-state index in [2.05, 4.69) is 25.1 Å². The van der Waals surface area contributed by atoms with Gasteiger partial charge in [-0.05, 0) is 87.9 Å². The predicted octanol–water partition coefficient (Wildman–Crippen LogP) is 6.43. The van der Waals surface area contributed by atoms with Gasteiger partial charge in [0.1, 0.15) is 0 Å². The van der Waals surface area contributed by atoms with Crippen LogP contribution < -0.4 is 0 Å². The van der Waals surface area contributed by atoms with E-state index in [1.165, 1.54) is 64.2 Å². The topological polar surface area (TPSA) is 23.8 Å². The highest BCUT2D eigenvalue weighted by molar-refractivity contribution is 5.01. The Morgan fingerprint density at radius 2 is 1.41 bits per heavy atom. The first kappa shape index (κ1) is 17.3. The lowest BCUT2D eigenvalue weighted by Gasteiger charge is -2.28. The van der Waals surface area contributed by atoms with Crippen molar-refractivity contribution in [3.8, 4) is 6.07 Å². The van der Waals surface area contributed by atoms with Crippen LogP contribution in [-0.2, 0) is 0 Å². The molecule has 0 unspecified atom stereocenters. The standard InChI is InChI=1S/C21H33N/c1-2-18-7-9-20(10-8-18)15-16-21-13-11-19(12-14-21)6-4-3-5-17-22/h3,5,15-16,18-21H,2,4,6-14H2,1H3/b5-3+,16-15+. The maximum atomic E-state index is 8.49. The fraction of sp³-hybridized carbons (Fsp3) is 0.762. The molecule has 2 aliphatic rings. The van der Waals surface area contributed by atoms with Gasteiger partial charge in [-0.15, -0.1) is 0 Å². The van der Waals surface area contributed by atoms with E-state index >= 15 is 0 Å². The van der Waals surface area contributed by atoms with Crippen LogP contribution in [0.3, 0.4) is 0 Å². The Hall–Kier alpha value is -1.03. The van der Waals surface area contributed by atoms with Gasteiger partial charge in [0, 0.05) is 6.08 Å². The van der Waals surface area contributed by atoms with Gasteiger partial charge in [0.25, 0.3) is 0 Å². The second-order valence-corrected chi connectivity index (χ2v) is 7.46. The van der Waals surface area contributed by atoms with E-state index in [9.17, 15) is 0 Å². The Labute approximate surface area is 137 Å². The molecule has 2 aliphatic carbocycles. The summed E-state index contributed by atoms with van der Waals surface area (Å²) >= 11 is 0. The van der Waals surface area contributed by atoms with Gasteiger partial charge in [-0.25, -0.2) is 0 Å². The molecule has 0 aromatic rings. The van der Waals surface area contributed by atoms with Crippen molar-refractivity contribution < 1.29 is 0 Å². The van der Waals surface area contributed by atoms with Gasteiger partial charge >= 0.3 is 0 Å². The third kappa shape index (κ3) is 5.99. The minimum atomic E-state index is 0.842. The zero-order valence-electron chi connectivity index (χ0n) is 14.3. The summed E-state index contributed by atoms with van der Waals surface area (Å²) in [6, 6.07) is 2.08. The number of allylic oxidation sites excluding steroid dienone is 4. The molecule has 0 aliphatic heterocycles. The molecule has 0 amide bonds. The van der Waals surface area contributed by atoms with Crippen LogP contribution in [0.25, 0.3) is 0 Å². The summed E-state index contributed by atoms with van der Waals surface area (Å²) in [4.78, 5) is 0. The van der Waals surface area contributed by atoms with Crippen LogP contribution in [0.5, 0.6) is 0 Å². The summed E-state index contributed by atoms with van der Waals surface area (Å²) in [5.41, 5.74) is 0. The molecule has 2 fully saturated rings.